The molecule has 0 bridgehead atoms. The van der Waals surface area contributed by atoms with Gasteiger partial charge in [0.2, 0.25) is 5.91 Å². The minimum absolute atomic E-state index is 0.0548. The highest BCUT2D eigenvalue weighted by molar-refractivity contribution is 5.95. The van der Waals surface area contributed by atoms with Crippen molar-refractivity contribution < 1.29 is 32.9 Å². The Hall–Kier alpha value is -4.07. The van der Waals surface area contributed by atoms with E-state index >= 15 is 4.39 Å². The van der Waals surface area contributed by atoms with Gasteiger partial charge < -0.3 is 23.8 Å². The van der Waals surface area contributed by atoms with E-state index in [0.29, 0.717) is 54.4 Å². The Kier molecular flexibility index (Phi) is 6.39. The smallest absolute Gasteiger partial charge is 0.306 e. The van der Waals surface area contributed by atoms with Crippen molar-refractivity contribution in [1.82, 2.24) is 0 Å². The van der Waals surface area contributed by atoms with E-state index in [1.54, 1.807) is 17.0 Å². The van der Waals surface area contributed by atoms with Crippen molar-refractivity contribution in [2.75, 3.05) is 25.2 Å². The average molecular weight is 518 g/mol. The average Bonchev–Trinajstić information content (AvgIpc) is 3.65. The van der Waals surface area contributed by atoms with Gasteiger partial charge in [0.1, 0.15) is 34.9 Å². The van der Waals surface area contributed by atoms with Crippen LogP contribution in [-0.4, -0.2) is 32.1 Å². The van der Waals surface area contributed by atoms with Crippen LogP contribution < -0.4 is 19.1 Å². The minimum atomic E-state index is -0.456. The van der Waals surface area contributed by atoms with Crippen molar-refractivity contribution in [3.63, 3.8) is 0 Å². The van der Waals surface area contributed by atoms with E-state index in [4.69, 9.17) is 18.9 Å². The number of nitrogens with zero attached hydrogens (tertiary/aromatic N) is 1. The Bertz CT molecular complexity index is 1390. The number of anilines is 1. The maximum absolute atomic E-state index is 15.0. The molecule has 2 heterocycles. The molecule has 2 aliphatic heterocycles. The summed E-state index contributed by atoms with van der Waals surface area (Å²) >= 11 is 0. The monoisotopic (exact) mass is 517 g/mol. The fourth-order valence-corrected chi connectivity index (χ4v) is 5.55. The number of rotatable bonds is 7. The molecule has 1 saturated heterocycles. The highest BCUT2D eigenvalue weighted by atomic mass is 19.1. The lowest BCUT2D eigenvalue weighted by Gasteiger charge is -2.18. The zero-order chi connectivity index (χ0) is 26.2. The van der Waals surface area contributed by atoms with E-state index < -0.39 is 6.10 Å². The number of benzene rings is 3. The first-order chi connectivity index (χ1) is 18.5. The first kappa shape index (κ1) is 24.3. The number of halogens is 1. The van der Waals surface area contributed by atoms with E-state index in [1.165, 1.54) is 13.2 Å². The molecule has 3 aromatic carbocycles. The summed E-state index contributed by atoms with van der Waals surface area (Å²) in [6, 6.07) is 16.0. The quantitative estimate of drug-likeness (QED) is 0.366. The normalized spacial score (nSPS) is 19.6. The van der Waals surface area contributed by atoms with Crippen molar-refractivity contribution in [3.8, 4) is 23.0 Å². The fourth-order valence-electron chi connectivity index (χ4n) is 5.55. The van der Waals surface area contributed by atoms with E-state index in [1.807, 2.05) is 36.4 Å². The van der Waals surface area contributed by atoms with Gasteiger partial charge in [-0.25, -0.2) is 4.39 Å². The standard InChI is InChI=1S/C30H28FNO6/c1-35-29(34)15-18-17-36-27-16-21(8-9-22(18)27)38-26-12-10-23-25(13-11-24(31)30(23)26)37-20-6-4-19(5-7-20)32-14-2-3-28(32)33/h4-9,11,13,16,18,26H,2-3,10,12,14-15,17H2,1H3/t18?,26-/m1/s1. The van der Waals surface area contributed by atoms with Crippen LogP contribution in [0, 0.1) is 5.82 Å². The summed E-state index contributed by atoms with van der Waals surface area (Å²) in [4.78, 5) is 25.5. The lowest BCUT2D eigenvalue weighted by Crippen LogP contribution is -2.23. The molecule has 0 aromatic heterocycles. The summed E-state index contributed by atoms with van der Waals surface area (Å²) < 4.78 is 38.0. The van der Waals surface area contributed by atoms with Gasteiger partial charge in [0.15, 0.2) is 0 Å². The topological polar surface area (TPSA) is 74.3 Å². The first-order valence-corrected chi connectivity index (χ1v) is 12.9. The predicted octanol–water partition coefficient (Wildman–Crippen LogP) is 5.85. The lowest BCUT2D eigenvalue weighted by molar-refractivity contribution is -0.141. The minimum Gasteiger partial charge on any atom is -0.492 e. The number of ether oxygens (including phenoxy) is 4. The van der Waals surface area contributed by atoms with E-state index in [-0.39, 0.29) is 30.0 Å². The van der Waals surface area contributed by atoms with Crippen LogP contribution in [0.2, 0.25) is 0 Å². The molecular formula is C30H28FNO6. The Morgan fingerprint density at radius 2 is 1.89 bits per heavy atom. The second-order valence-electron chi connectivity index (χ2n) is 9.82. The Balaban J connectivity index is 1.18. The van der Waals surface area contributed by atoms with Crippen LogP contribution in [0.1, 0.15) is 54.4 Å². The number of methoxy groups -OCH3 is 1. The second kappa shape index (κ2) is 10.0. The van der Waals surface area contributed by atoms with Crippen molar-refractivity contribution in [3.05, 3.63) is 77.1 Å². The molecule has 196 valence electrons. The van der Waals surface area contributed by atoms with Crippen molar-refractivity contribution >= 4 is 17.6 Å². The van der Waals surface area contributed by atoms with Crippen LogP contribution in [0.5, 0.6) is 23.0 Å². The molecule has 6 rings (SSSR count). The number of hydrogen-bond donors (Lipinski definition) is 0. The third-order valence-electron chi connectivity index (χ3n) is 7.47. The molecule has 38 heavy (non-hydrogen) atoms. The Morgan fingerprint density at radius 1 is 1.08 bits per heavy atom. The number of amides is 1. The summed E-state index contributed by atoms with van der Waals surface area (Å²) in [6.07, 6.45) is 2.49. The number of hydrogen-bond acceptors (Lipinski definition) is 6. The van der Waals surface area contributed by atoms with Crippen LogP contribution >= 0.6 is 0 Å². The molecule has 1 aliphatic carbocycles. The number of carbonyl (C=O) groups is 2. The van der Waals surface area contributed by atoms with Crippen LogP contribution in [-0.2, 0) is 20.7 Å². The van der Waals surface area contributed by atoms with Crippen LogP contribution in [0.4, 0.5) is 10.1 Å². The van der Waals surface area contributed by atoms with Gasteiger partial charge in [-0.05, 0) is 61.7 Å². The van der Waals surface area contributed by atoms with Gasteiger partial charge >= 0.3 is 5.97 Å². The molecule has 1 fully saturated rings. The molecule has 7 nitrogen and oxygen atoms in total. The third kappa shape index (κ3) is 4.55. The van der Waals surface area contributed by atoms with Gasteiger partial charge in [-0.1, -0.05) is 6.07 Å². The molecule has 3 aromatic rings. The predicted molar refractivity (Wildman–Crippen MR) is 138 cm³/mol. The molecule has 3 aliphatic rings. The third-order valence-corrected chi connectivity index (χ3v) is 7.47. The van der Waals surface area contributed by atoms with Crippen molar-refractivity contribution in [1.29, 1.82) is 0 Å². The lowest BCUT2D eigenvalue weighted by atomic mass is 9.98. The molecule has 0 spiro atoms. The number of fused-ring (bicyclic) bond motifs is 2. The summed E-state index contributed by atoms with van der Waals surface area (Å²) in [5.74, 6) is 1.95. The summed E-state index contributed by atoms with van der Waals surface area (Å²) in [7, 11) is 1.37. The molecule has 1 unspecified atom stereocenters. The number of carbonyl (C=O) groups excluding carboxylic acids is 2. The highest BCUT2D eigenvalue weighted by Gasteiger charge is 2.32. The maximum Gasteiger partial charge on any atom is 0.306 e. The van der Waals surface area contributed by atoms with Crippen molar-refractivity contribution in [2.45, 2.75) is 44.1 Å². The van der Waals surface area contributed by atoms with Gasteiger partial charge in [0.05, 0.1) is 20.1 Å². The molecule has 0 N–H and O–H groups in total. The van der Waals surface area contributed by atoms with Crippen molar-refractivity contribution in [2.24, 2.45) is 0 Å². The first-order valence-electron chi connectivity index (χ1n) is 12.9. The van der Waals surface area contributed by atoms with Crippen LogP contribution in [0.3, 0.4) is 0 Å². The molecule has 0 saturated carbocycles. The summed E-state index contributed by atoms with van der Waals surface area (Å²) in [6.45, 7) is 1.14. The molecule has 2 atom stereocenters. The molecule has 8 heteroatoms. The zero-order valence-corrected chi connectivity index (χ0v) is 21.1. The van der Waals surface area contributed by atoms with E-state index in [0.717, 1.165) is 29.8 Å². The van der Waals surface area contributed by atoms with Gasteiger partial charge in [0.25, 0.3) is 0 Å². The maximum atomic E-state index is 15.0. The van der Waals surface area contributed by atoms with Gasteiger partial charge in [0, 0.05) is 47.3 Å². The van der Waals surface area contributed by atoms with Gasteiger partial charge in [-0.2, -0.15) is 0 Å². The Labute approximate surface area is 220 Å². The fraction of sp³-hybridized carbons (Fsp3) is 0.333. The van der Waals surface area contributed by atoms with Crippen LogP contribution in [0.15, 0.2) is 54.6 Å². The van der Waals surface area contributed by atoms with E-state index in [9.17, 15) is 9.59 Å². The molecule has 1 amide bonds. The molecule has 0 radical (unpaired) electrons. The van der Waals surface area contributed by atoms with Crippen LogP contribution in [0.25, 0.3) is 0 Å². The molecular weight excluding hydrogens is 489 g/mol. The summed E-state index contributed by atoms with van der Waals surface area (Å²) in [5, 5.41) is 0. The van der Waals surface area contributed by atoms with Gasteiger partial charge in [-0.3, -0.25) is 9.59 Å². The van der Waals surface area contributed by atoms with E-state index in [2.05, 4.69) is 0 Å². The zero-order valence-electron chi connectivity index (χ0n) is 21.1. The highest BCUT2D eigenvalue weighted by Crippen LogP contribution is 2.44. The Morgan fingerprint density at radius 3 is 2.66 bits per heavy atom. The number of esters is 1. The largest absolute Gasteiger partial charge is 0.492 e. The van der Waals surface area contributed by atoms with Gasteiger partial charge in [-0.15, -0.1) is 0 Å². The SMILES string of the molecule is COC(=O)CC1COc2cc(O[C@@H]3CCc4c(Oc5ccc(N6CCCC6=O)cc5)ccc(F)c43)ccc21. The second-order valence-corrected chi connectivity index (χ2v) is 9.82. The summed E-state index contributed by atoms with van der Waals surface area (Å²) in [5.41, 5.74) is 3.10.